The first-order chi connectivity index (χ1) is 6.20. The van der Waals surface area contributed by atoms with Crippen molar-refractivity contribution >= 4 is 6.09 Å². The van der Waals surface area contributed by atoms with Gasteiger partial charge in [0.25, 0.3) is 0 Å². The van der Waals surface area contributed by atoms with Crippen LogP contribution in [0.15, 0.2) is 24.3 Å². The topological polar surface area (TPSA) is 72.5 Å². The van der Waals surface area contributed by atoms with E-state index in [1.54, 1.807) is 0 Å². The lowest BCUT2D eigenvalue weighted by Crippen LogP contribution is -2.13. The van der Waals surface area contributed by atoms with Crippen molar-refractivity contribution in [3.8, 4) is 0 Å². The second-order valence-electron chi connectivity index (χ2n) is 1.77. The van der Waals surface area contributed by atoms with Crippen LogP contribution in [0.4, 0.5) is 4.79 Å². The van der Waals surface area contributed by atoms with Crippen molar-refractivity contribution in [1.29, 1.82) is 0 Å². The number of hydrogen-bond donors (Lipinski definition) is 2. The Morgan fingerprint density at radius 1 is 1.62 bits per heavy atom. The fraction of sp³-hybridized carbons (Fsp3) is 0.444. The molecule has 0 spiro atoms. The first-order valence-electron chi connectivity index (χ1n) is 4.05. The summed E-state index contributed by atoms with van der Waals surface area (Å²) in [4.78, 5) is 10.0. The molecule has 0 saturated heterocycles. The fourth-order valence-electron chi connectivity index (χ4n) is 0.443. The maximum Gasteiger partial charge on any atom is 0.404 e. The highest BCUT2D eigenvalue weighted by molar-refractivity contribution is 5.64. The van der Waals surface area contributed by atoms with Crippen LogP contribution < -0.4 is 5.73 Å². The van der Waals surface area contributed by atoms with Gasteiger partial charge >= 0.3 is 6.09 Å². The van der Waals surface area contributed by atoms with Gasteiger partial charge in [-0.15, -0.1) is 0 Å². The van der Waals surface area contributed by atoms with Gasteiger partial charge < -0.3 is 15.6 Å². The predicted molar refractivity (Wildman–Crippen MR) is 52.2 cm³/mol. The van der Waals surface area contributed by atoms with E-state index in [0.717, 1.165) is 0 Å². The molecule has 0 radical (unpaired) electrons. The Labute approximate surface area is 78.7 Å². The maximum absolute atomic E-state index is 10.0. The van der Waals surface area contributed by atoms with Gasteiger partial charge in [-0.05, 0) is 11.6 Å². The van der Waals surface area contributed by atoms with E-state index < -0.39 is 6.09 Å². The quantitative estimate of drug-likeness (QED) is 0.650. The molecule has 0 aliphatic carbocycles. The number of aliphatic hydroxyl groups is 1. The molecule has 0 aromatic rings. The van der Waals surface area contributed by atoms with E-state index in [2.05, 4.69) is 17.0 Å². The smallest absolute Gasteiger partial charge is 0.404 e. The van der Waals surface area contributed by atoms with E-state index >= 15 is 0 Å². The lowest BCUT2D eigenvalue weighted by atomic mass is 10.3. The minimum atomic E-state index is -0.831. The molecule has 0 atom stereocenters. The number of amides is 1. The summed E-state index contributed by atoms with van der Waals surface area (Å²) in [6.45, 7) is 7.38. The summed E-state index contributed by atoms with van der Waals surface area (Å²) in [6, 6.07) is 0. The Bertz CT molecular complexity index is 176. The lowest BCUT2D eigenvalue weighted by Gasteiger charge is -1.97. The Hall–Kier alpha value is -1.29. The third kappa shape index (κ3) is 10.7. The minimum absolute atomic E-state index is 0.0667. The first kappa shape index (κ1) is 14.2. The Kier molecular flexibility index (Phi) is 11.7. The van der Waals surface area contributed by atoms with E-state index in [1.165, 1.54) is 12.2 Å². The Balaban J connectivity index is 0. The van der Waals surface area contributed by atoms with Gasteiger partial charge in [0.15, 0.2) is 0 Å². The first-order valence-corrected chi connectivity index (χ1v) is 4.05. The molecule has 4 nitrogen and oxygen atoms in total. The molecule has 76 valence electrons. The second-order valence-corrected chi connectivity index (χ2v) is 1.77. The van der Waals surface area contributed by atoms with Crippen LogP contribution in [0.5, 0.6) is 0 Å². The average molecular weight is 187 g/mol. The molecule has 3 N–H and O–H groups in total. The van der Waals surface area contributed by atoms with E-state index in [4.69, 9.17) is 5.11 Å². The Morgan fingerprint density at radius 2 is 2.15 bits per heavy atom. The fourth-order valence-corrected chi connectivity index (χ4v) is 0.443. The van der Waals surface area contributed by atoms with Gasteiger partial charge in [-0.25, -0.2) is 4.79 Å². The minimum Gasteiger partial charge on any atom is -0.445 e. The predicted octanol–water partition coefficient (Wildman–Crippen LogP) is 1.21. The number of primary amides is 1. The number of carbonyl (C=O) groups is 1. The molecule has 0 aromatic carbocycles. The van der Waals surface area contributed by atoms with Gasteiger partial charge in [0.1, 0.15) is 6.61 Å². The number of carbonyl (C=O) groups excluding carboxylic acids is 1. The molecule has 0 heterocycles. The van der Waals surface area contributed by atoms with Crippen molar-refractivity contribution in [1.82, 2.24) is 0 Å². The summed E-state index contributed by atoms with van der Waals surface area (Å²) in [7, 11) is 0. The van der Waals surface area contributed by atoms with Crippen LogP contribution in [0.1, 0.15) is 13.8 Å². The zero-order valence-corrected chi connectivity index (χ0v) is 8.12. The summed E-state index contributed by atoms with van der Waals surface area (Å²) in [5.74, 6) is 0. The normalized spacial score (nSPS) is 9.62. The molecule has 0 rings (SSSR count). The number of ether oxygens (including phenoxy) is 1. The summed E-state index contributed by atoms with van der Waals surface area (Å²) >= 11 is 0. The van der Waals surface area contributed by atoms with Crippen LogP contribution in [0.2, 0.25) is 0 Å². The van der Waals surface area contributed by atoms with Crippen molar-refractivity contribution in [2.45, 2.75) is 13.8 Å². The summed E-state index contributed by atoms with van der Waals surface area (Å²) in [5, 5.41) is 8.58. The number of nitrogens with two attached hydrogens (primary N) is 1. The van der Waals surface area contributed by atoms with Crippen molar-refractivity contribution < 1.29 is 14.6 Å². The van der Waals surface area contributed by atoms with Crippen LogP contribution in [0.3, 0.4) is 0 Å². The van der Waals surface area contributed by atoms with Crippen LogP contribution in [0, 0.1) is 0 Å². The zero-order chi connectivity index (χ0) is 10.7. The lowest BCUT2D eigenvalue weighted by molar-refractivity contribution is 0.169. The van der Waals surface area contributed by atoms with Gasteiger partial charge in [0.2, 0.25) is 0 Å². The molecule has 0 aliphatic rings. The van der Waals surface area contributed by atoms with Gasteiger partial charge in [-0.1, -0.05) is 26.5 Å². The zero-order valence-electron chi connectivity index (χ0n) is 8.12. The summed E-state index contributed by atoms with van der Waals surface area (Å²) in [6.07, 6.45) is 2.17. The van der Waals surface area contributed by atoms with Crippen LogP contribution in [0.25, 0.3) is 0 Å². The van der Waals surface area contributed by atoms with Crippen LogP contribution in [-0.2, 0) is 4.74 Å². The highest BCUT2D eigenvalue weighted by Gasteiger charge is 1.90. The van der Waals surface area contributed by atoms with Crippen LogP contribution in [-0.4, -0.2) is 24.4 Å². The van der Waals surface area contributed by atoms with Gasteiger partial charge in [0, 0.05) is 0 Å². The summed E-state index contributed by atoms with van der Waals surface area (Å²) in [5.41, 5.74) is 5.29. The molecule has 0 aromatic heterocycles. The van der Waals surface area contributed by atoms with Crippen molar-refractivity contribution in [2.24, 2.45) is 5.73 Å². The highest BCUT2D eigenvalue weighted by Crippen LogP contribution is 1.92. The molecule has 4 heteroatoms. The third-order valence-electron chi connectivity index (χ3n) is 1.02. The monoisotopic (exact) mass is 187 g/mol. The Morgan fingerprint density at radius 3 is 2.46 bits per heavy atom. The second kappa shape index (κ2) is 10.7. The molecule has 0 aliphatic heterocycles. The van der Waals surface area contributed by atoms with Crippen molar-refractivity contribution in [2.75, 3.05) is 13.2 Å². The molecule has 0 unspecified atom stereocenters. The van der Waals surface area contributed by atoms with Crippen molar-refractivity contribution in [3.05, 3.63) is 24.3 Å². The number of hydrogen-bond acceptors (Lipinski definition) is 3. The average Bonchev–Trinajstić information content (AvgIpc) is 2.15. The standard InChI is InChI=1S/C7H11NO3.C2H6/c1-2-6(5-9)3-4-11-7(8)10;1-2/h2-3,9H,1,4-5H2,(H2,8,10);1-2H3/b6-3-;. The molecular formula is C9H17NO3. The maximum atomic E-state index is 10.0. The SMILES string of the molecule is C=C/C(=C/COC(N)=O)CO.CC. The largest absolute Gasteiger partial charge is 0.445 e. The van der Waals surface area contributed by atoms with E-state index in [9.17, 15) is 4.79 Å². The third-order valence-corrected chi connectivity index (χ3v) is 1.02. The van der Waals surface area contributed by atoms with E-state index in [-0.39, 0.29) is 13.2 Å². The molecular weight excluding hydrogens is 170 g/mol. The molecule has 0 saturated carbocycles. The van der Waals surface area contributed by atoms with E-state index in [0.29, 0.717) is 5.57 Å². The molecule has 0 fully saturated rings. The van der Waals surface area contributed by atoms with Gasteiger partial charge in [-0.2, -0.15) is 0 Å². The molecule has 0 bridgehead atoms. The summed E-state index contributed by atoms with van der Waals surface area (Å²) < 4.78 is 4.38. The van der Waals surface area contributed by atoms with Gasteiger partial charge in [0.05, 0.1) is 6.61 Å². The number of rotatable bonds is 4. The van der Waals surface area contributed by atoms with Crippen LogP contribution >= 0.6 is 0 Å². The number of aliphatic hydroxyl groups excluding tert-OH is 1. The molecule has 13 heavy (non-hydrogen) atoms. The highest BCUT2D eigenvalue weighted by atomic mass is 16.5. The van der Waals surface area contributed by atoms with E-state index in [1.807, 2.05) is 13.8 Å². The van der Waals surface area contributed by atoms with Gasteiger partial charge in [-0.3, -0.25) is 0 Å². The van der Waals surface area contributed by atoms with Crippen molar-refractivity contribution in [3.63, 3.8) is 0 Å². The molecule has 1 amide bonds.